The van der Waals surface area contributed by atoms with Gasteiger partial charge in [0.15, 0.2) is 10.9 Å². The van der Waals surface area contributed by atoms with Gasteiger partial charge in [0.25, 0.3) is 0 Å². The normalized spacial score (nSPS) is 10.5. The number of aromatic nitrogens is 3. The van der Waals surface area contributed by atoms with E-state index in [0.717, 1.165) is 5.56 Å². The number of carbonyl (C=O) groups is 3. The van der Waals surface area contributed by atoms with E-state index >= 15 is 0 Å². The van der Waals surface area contributed by atoms with Crippen molar-refractivity contribution in [3.63, 3.8) is 0 Å². The minimum absolute atomic E-state index is 0.0407. The molecule has 2 aromatic rings. The number of nitrogens with zero attached hydrogens (tertiary/aromatic N) is 3. The minimum Gasteiger partial charge on any atom is -0.466 e. The second kappa shape index (κ2) is 9.86. The maximum atomic E-state index is 12.4. The van der Waals surface area contributed by atoms with Crippen molar-refractivity contribution in [2.45, 2.75) is 32.0 Å². The first kappa shape index (κ1) is 20.6. The summed E-state index contributed by atoms with van der Waals surface area (Å²) >= 11 is 1.26. The smallest absolute Gasteiger partial charge is 0.313 e. The van der Waals surface area contributed by atoms with Crippen LogP contribution in [0.25, 0.3) is 0 Å². The number of carbonyl (C=O) groups excluding carboxylic acids is 3. The third-order valence-electron chi connectivity index (χ3n) is 3.68. The first-order chi connectivity index (χ1) is 12.9. The average Bonchev–Trinajstić information content (AvgIpc) is 2.98. The molecular weight excluding hydrogens is 368 g/mol. The highest BCUT2D eigenvalue weighted by Gasteiger charge is 2.15. The van der Waals surface area contributed by atoms with E-state index in [9.17, 15) is 14.4 Å². The van der Waals surface area contributed by atoms with Crippen molar-refractivity contribution in [1.82, 2.24) is 20.1 Å². The summed E-state index contributed by atoms with van der Waals surface area (Å²) in [4.78, 5) is 34.8. The Bertz CT molecular complexity index is 817. The van der Waals surface area contributed by atoms with Gasteiger partial charge in [-0.1, -0.05) is 36.0 Å². The van der Waals surface area contributed by atoms with Gasteiger partial charge >= 0.3 is 5.97 Å². The van der Waals surface area contributed by atoms with Crippen molar-refractivity contribution < 1.29 is 19.1 Å². The lowest BCUT2D eigenvalue weighted by Gasteiger charge is -2.05. The van der Waals surface area contributed by atoms with E-state index in [1.165, 1.54) is 18.7 Å². The molecule has 1 aromatic heterocycles. The molecule has 0 fully saturated rings. The number of ether oxygens (including phenoxy) is 1. The Morgan fingerprint density at radius 3 is 2.52 bits per heavy atom. The second-order valence-corrected chi connectivity index (χ2v) is 6.70. The number of Topliss-reactive ketones (excluding diaryl/α,β-unsaturated/α-hetero) is 1. The maximum absolute atomic E-state index is 12.4. The van der Waals surface area contributed by atoms with Crippen LogP contribution in [0, 0.1) is 0 Å². The van der Waals surface area contributed by atoms with Crippen LogP contribution in [-0.4, -0.2) is 44.8 Å². The SMILES string of the molecule is CCOC(=O)Cc1nnc(SCC(=O)c2ccc(CNC(C)=O)cc2)n1C. The molecule has 0 radical (unpaired) electrons. The van der Waals surface area contributed by atoms with Gasteiger partial charge in [-0.3, -0.25) is 14.4 Å². The first-order valence-electron chi connectivity index (χ1n) is 8.44. The molecule has 1 amide bonds. The van der Waals surface area contributed by atoms with E-state index in [-0.39, 0.29) is 29.8 Å². The molecule has 0 atom stereocenters. The van der Waals surface area contributed by atoms with Crippen LogP contribution in [-0.2, 0) is 34.3 Å². The summed E-state index contributed by atoms with van der Waals surface area (Å²) in [5.74, 6) is 0.195. The van der Waals surface area contributed by atoms with Crippen LogP contribution in [0.1, 0.15) is 35.6 Å². The summed E-state index contributed by atoms with van der Waals surface area (Å²) in [6.07, 6.45) is 0.0433. The van der Waals surface area contributed by atoms with Crippen LogP contribution in [0.3, 0.4) is 0 Å². The average molecular weight is 390 g/mol. The van der Waals surface area contributed by atoms with Crippen LogP contribution in [0.5, 0.6) is 0 Å². The largest absolute Gasteiger partial charge is 0.466 e. The highest BCUT2D eigenvalue weighted by molar-refractivity contribution is 7.99. The van der Waals surface area contributed by atoms with Crippen molar-refractivity contribution in [1.29, 1.82) is 0 Å². The fraction of sp³-hybridized carbons (Fsp3) is 0.389. The predicted molar refractivity (Wildman–Crippen MR) is 100 cm³/mol. The number of ketones is 1. The van der Waals surface area contributed by atoms with Crippen LogP contribution < -0.4 is 5.32 Å². The van der Waals surface area contributed by atoms with Gasteiger partial charge in [0.05, 0.1) is 12.4 Å². The third kappa shape index (κ3) is 6.21. The van der Waals surface area contributed by atoms with Crippen molar-refractivity contribution in [3.8, 4) is 0 Å². The summed E-state index contributed by atoms with van der Waals surface area (Å²) in [5.41, 5.74) is 1.51. The lowest BCUT2D eigenvalue weighted by atomic mass is 10.1. The Morgan fingerprint density at radius 1 is 1.19 bits per heavy atom. The van der Waals surface area contributed by atoms with Gasteiger partial charge in [0, 0.05) is 26.1 Å². The molecule has 0 aliphatic carbocycles. The summed E-state index contributed by atoms with van der Waals surface area (Å²) in [6.45, 7) is 3.95. The first-order valence-corrected chi connectivity index (χ1v) is 9.42. The molecule has 0 saturated carbocycles. The number of hydrogen-bond donors (Lipinski definition) is 1. The predicted octanol–water partition coefficient (Wildman–Crippen LogP) is 1.53. The number of benzene rings is 1. The van der Waals surface area contributed by atoms with Gasteiger partial charge < -0.3 is 14.6 Å². The molecule has 1 N–H and O–H groups in total. The van der Waals surface area contributed by atoms with Crippen molar-refractivity contribution in [2.24, 2.45) is 7.05 Å². The summed E-state index contributed by atoms with van der Waals surface area (Å²) in [7, 11) is 1.75. The molecule has 0 bridgehead atoms. The number of esters is 1. The number of hydrogen-bond acceptors (Lipinski definition) is 7. The number of nitrogens with one attached hydrogen (secondary N) is 1. The zero-order valence-corrected chi connectivity index (χ0v) is 16.3. The van der Waals surface area contributed by atoms with Gasteiger partial charge in [-0.15, -0.1) is 10.2 Å². The lowest BCUT2D eigenvalue weighted by molar-refractivity contribution is -0.142. The second-order valence-electron chi connectivity index (χ2n) is 5.76. The molecule has 8 nitrogen and oxygen atoms in total. The summed E-state index contributed by atoms with van der Waals surface area (Å²) < 4.78 is 6.59. The van der Waals surface area contributed by atoms with E-state index < -0.39 is 0 Å². The van der Waals surface area contributed by atoms with E-state index in [0.29, 0.717) is 29.7 Å². The monoisotopic (exact) mass is 390 g/mol. The molecular formula is C18H22N4O4S. The zero-order chi connectivity index (χ0) is 19.8. The maximum Gasteiger partial charge on any atom is 0.313 e. The Balaban J connectivity index is 1.91. The van der Waals surface area contributed by atoms with Gasteiger partial charge in [0.2, 0.25) is 5.91 Å². The molecule has 0 unspecified atom stereocenters. The van der Waals surface area contributed by atoms with Crippen molar-refractivity contribution >= 4 is 29.4 Å². The topological polar surface area (TPSA) is 103 Å². The van der Waals surface area contributed by atoms with E-state index in [1.54, 1.807) is 30.7 Å². The lowest BCUT2D eigenvalue weighted by Crippen LogP contribution is -2.18. The highest BCUT2D eigenvalue weighted by atomic mass is 32.2. The van der Waals surface area contributed by atoms with Crippen LogP contribution >= 0.6 is 11.8 Å². The standard InChI is InChI=1S/C18H22N4O4S/c1-4-26-17(25)9-16-20-21-18(22(16)3)27-11-15(24)14-7-5-13(6-8-14)10-19-12(2)23/h5-8H,4,9-11H2,1-3H3,(H,19,23). The van der Waals surface area contributed by atoms with Gasteiger partial charge in [-0.2, -0.15) is 0 Å². The number of rotatable bonds is 9. The molecule has 0 saturated heterocycles. The Hall–Kier alpha value is -2.68. The molecule has 0 spiro atoms. The van der Waals surface area contributed by atoms with Crippen molar-refractivity contribution in [3.05, 3.63) is 41.2 Å². The molecule has 144 valence electrons. The fourth-order valence-corrected chi connectivity index (χ4v) is 3.04. The molecule has 27 heavy (non-hydrogen) atoms. The quantitative estimate of drug-likeness (QED) is 0.393. The molecule has 2 rings (SSSR count). The zero-order valence-electron chi connectivity index (χ0n) is 15.5. The molecule has 1 heterocycles. The van der Waals surface area contributed by atoms with Crippen LogP contribution in [0.15, 0.2) is 29.4 Å². The summed E-state index contributed by atoms with van der Waals surface area (Å²) in [6, 6.07) is 7.10. The van der Waals surface area contributed by atoms with E-state index in [4.69, 9.17) is 4.74 Å². The van der Waals surface area contributed by atoms with E-state index in [1.807, 2.05) is 12.1 Å². The Morgan fingerprint density at radius 2 is 1.89 bits per heavy atom. The molecule has 0 aliphatic rings. The van der Waals surface area contributed by atoms with Crippen LogP contribution in [0.2, 0.25) is 0 Å². The molecule has 1 aromatic carbocycles. The third-order valence-corrected chi connectivity index (χ3v) is 4.70. The highest BCUT2D eigenvalue weighted by Crippen LogP contribution is 2.18. The minimum atomic E-state index is -0.361. The molecule has 0 aliphatic heterocycles. The number of amides is 1. The van der Waals surface area contributed by atoms with Gasteiger partial charge in [-0.05, 0) is 12.5 Å². The van der Waals surface area contributed by atoms with Gasteiger partial charge in [0.1, 0.15) is 12.2 Å². The van der Waals surface area contributed by atoms with Gasteiger partial charge in [-0.25, -0.2) is 0 Å². The Labute approximate surface area is 161 Å². The number of thioether (sulfide) groups is 1. The molecule has 9 heteroatoms. The van der Waals surface area contributed by atoms with Crippen molar-refractivity contribution in [2.75, 3.05) is 12.4 Å². The summed E-state index contributed by atoms with van der Waals surface area (Å²) in [5, 5.41) is 11.3. The van der Waals surface area contributed by atoms with E-state index in [2.05, 4.69) is 15.5 Å². The van der Waals surface area contributed by atoms with Crippen LogP contribution in [0.4, 0.5) is 0 Å². The Kier molecular flexibility index (Phi) is 7.54. The fourth-order valence-electron chi connectivity index (χ4n) is 2.21.